The molecule has 9 nitrogen and oxygen atoms in total. The molecule has 1 unspecified atom stereocenters. The van der Waals surface area contributed by atoms with Gasteiger partial charge in [-0.05, 0) is 32.4 Å². The number of aromatic nitrogens is 5. The first kappa shape index (κ1) is 23.8. The van der Waals surface area contributed by atoms with Crippen LogP contribution < -0.4 is 11.1 Å². The summed E-state index contributed by atoms with van der Waals surface area (Å²) < 4.78 is 30.2. The molecule has 0 saturated heterocycles. The number of rotatable bonds is 6. The van der Waals surface area contributed by atoms with Crippen LogP contribution in [0.15, 0.2) is 18.5 Å². The van der Waals surface area contributed by atoms with Crippen LogP contribution in [0.2, 0.25) is 5.02 Å². The van der Waals surface area contributed by atoms with Crippen LogP contribution in [0.1, 0.15) is 46.1 Å². The standard InChI is InChI=1S/C21H20ClF2N7O2S/c1-8-12(6-30(4)28-8)11-5-14(18(23)24)26-21-15(11)16(17(34-21)19(25)32)27-20(33)10(3)31-7-13(22)9(2)29-31/h5-7,10,18H,1-4H3,(H2,25,32)(H,27,33). The van der Waals surface area contributed by atoms with Gasteiger partial charge in [0.1, 0.15) is 21.4 Å². The zero-order valence-electron chi connectivity index (χ0n) is 18.6. The van der Waals surface area contributed by atoms with Gasteiger partial charge in [0.25, 0.3) is 12.3 Å². The molecule has 0 spiro atoms. The Morgan fingerprint density at radius 2 is 1.88 bits per heavy atom. The molecule has 0 aliphatic carbocycles. The van der Waals surface area contributed by atoms with Gasteiger partial charge in [-0.3, -0.25) is 19.0 Å². The molecule has 3 N–H and O–H groups in total. The van der Waals surface area contributed by atoms with Crippen LogP contribution in [-0.2, 0) is 11.8 Å². The first-order valence-corrected chi connectivity index (χ1v) is 11.3. The number of anilines is 1. The van der Waals surface area contributed by atoms with Crippen molar-refractivity contribution in [2.75, 3.05) is 5.32 Å². The number of hydrogen-bond donors (Lipinski definition) is 2. The van der Waals surface area contributed by atoms with Crippen molar-refractivity contribution in [2.45, 2.75) is 33.2 Å². The fraction of sp³-hybridized carbons (Fsp3) is 0.286. The fourth-order valence-electron chi connectivity index (χ4n) is 3.60. The van der Waals surface area contributed by atoms with Crippen molar-refractivity contribution < 1.29 is 18.4 Å². The third-order valence-corrected chi connectivity index (χ3v) is 6.78. The molecule has 4 rings (SSSR count). The lowest BCUT2D eigenvalue weighted by Crippen LogP contribution is -2.25. The van der Waals surface area contributed by atoms with Gasteiger partial charge < -0.3 is 11.1 Å². The maximum atomic E-state index is 13.6. The second-order valence-electron chi connectivity index (χ2n) is 7.76. The summed E-state index contributed by atoms with van der Waals surface area (Å²) in [5, 5.41) is 12.0. The minimum atomic E-state index is -2.84. The summed E-state index contributed by atoms with van der Waals surface area (Å²) in [6.07, 6.45) is 0.344. The van der Waals surface area contributed by atoms with Crippen LogP contribution in [0, 0.1) is 13.8 Å². The number of nitrogens with one attached hydrogen (secondary N) is 1. The van der Waals surface area contributed by atoms with Crippen LogP contribution >= 0.6 is 22.9 Å². The van der Waals surface area contributed by atoms with Crippen molar-refractivity contribution in [3.63, 3.8) is 0 Å². The van der Waals surface area contributed by atoms with E-state index in [0.29, 0.717) is 32.9 Å². The third kappa shape index (κ3) is 4.14. The van der Waals surface area contributed by atoms with Crippen LogP contribution in [0.5, 0.6) is 0 Å². The van der Waals surface area contributed by atoms with Gasteiger partial charge in [-0.15, -0.1) is 11.3 Å². The largest absolute Gasteiger partial charge is 0.365 e. The van der Waals surface area contributed by atoms with Crippen molar-refractivity contribution in [1.82, 2.24) is 24.5 Å². The van der Waals surface area contributed by atoms with Crippen LogP contribution in [0.4, 0.5) is 14.5 Å². The van der Waals surface area contributed by atoms with E-state index in [9.17, 15) is 18.4 Å². The second-order valence-corrected chi connectivity index (χ2v) is 9.16. The lowest BCUT2D eigenvalue weighted by atomic mass is 10.0. The van der Waals surface area contributed by atoms with Gasteiger partial charge in [-0.25, -0.2) is 13.8 Å². The Bertz CT molecular complexity index is 1420. The number of carbonyl (C=O) groups excluding carboxylic acids is 2. The highest BCUT2D eigenvalue weighted by Crippen LogP contribution is 2.43. The molecule has 0 saturated carbocycles. The summed E-state index contributed by atoms with van der Waals surface area (Å²) >= 11 is 6.90. The molecule has 178 valence electrons. The number of nitrogens with two attached hydrogens (primary N) is 1. The molecule has 0 aliphatic heterocycles. The van der Waals surface area contributed by atoms with Gasteiger partial charge in [0.2, 0.25) is 5.91 Å². The third-order valence-electron chi connectivity index (χ3n) is 5.31. The summed E-state index contributed by atoms with van der Waals surface area (Å²) in [6.45, 7) is 5.04. The van der Waals surface area contributed by atoms with Crippen molar-refractivity contribution in [1.29, 1.82) is 0 Å². The van der Waals surface area contributed by atoms with Crippen molar-refractivity contribution in [3.8, 4) is 11.1 Å². The topological polar surface area (TPSA) is 121 Å². The molecule has 0 aliphatic rings. The summed E-state index contributed by atoms with van der Waals surface area (Å²) in [5.41, 5.74) is 7.27. The number of amides is 2. The zero-order valence-corrected chi connectivity index (χ0v) is 20.1. The van der Waals surface area contributed by atoms with E-state index in [4.69, 9.17) is 17.3 Å². The second kappa shape index (κ2) is 8.76. The minimum Gasteiger partial charge on any atom is -0.365 e. The monoisotopic (exact) mass is 507 g/mol. The first-order valence-electron chi connectivity index (χ1n) is 10.1. The lowest BCUT2D eigenvalue weighted by Gasteiger charge is -2.14. The molecular formula is C21H20ClF2N7O2S. The normalized spacial score (nSPS) is 12.5. The molecule has 13 heteroatoms. The van der Waals surface area contributed by atoms with Crippen LogP contribution in [-0.4, -0.2) is 36.4 Å². The number of primary amides is 1. The maximum absolute atomic E-state index is 13.6. The Morgan fingerprint density at radius 1 is 1.18 bits per heavy atom. The highest BCUT2D eigenvalue weighted by Gasteiger charge is 2.27. The molecule has 2 amide bonds. The van der Waals surface area contributed by atoms with Gasteiger partial charge in [0.05, 0.1) is 22.1 Å². The number of pyridine rings is 1. The van der Waals surface area contributed by atoms with Gasteiger partial charge in [0.15, 0.2) is 0 Å². The Morgan fingerprint density at radius 3 is 2.41 bits per heavy atom. The van der Waals surface area contributed by atoms with Crippen molar-refractivity contribution in [3.05, 3.63) is 45.4 Å². The Kier molecular flexibility index (Phi) is 6.13. The average molecular weight is 508 g/mol. The van der Waals surface area contributed by atoms with E-state index in [-0.39, 0.29) is 15.4 Å². The highest BCUT2D eigenvalue weighted by molar-refractivity contribution is 7.21. The number of carbonyl (C=O) groups is 2. The van der Waals surface area contributed by atoms with E-state index < -0.39 is 30.0 Å². The average Bonchev–Trinajstić information content (AvgIpc) is 3.41. The van der Waals surface area contributed by atoms with Crippen LogP contribution in [0.25, 0.3) is 21.3 Å². The van der Waals surface area contributed by atoms with Gasteiger partial charge in [-0.1, -0.05) is 11.6 Å². The highest BCUT2D eigenvalue weighted by atomic mass is 35.5. The van der Waals surface area contributed by atoms with E-state index in [1.807, 2.05) is 0 Å². The quantitative estimate of drug-likeness (QED) is 0.400. The predicted octanol–water partition coefficient (Wildman–Crippen LogP) is 4.40. The number of halogens is 3. The fourth-order valence-corrected chi connectivity index (χ4v) is 4.76. The number of fused-ring (bicyclic) bond motifs is 1. The molecule has 0 bridgehead atoms. The molecule has 34 heavy (non-hydrogen) atoms. The molecular weight excluding hydrogens is 488 g/mol. The van der Waals surface area contributed by atoms with E-state index >= 15 is 0 Å². The maximum Gasteiger partial charge on any atom is 0.280 e. The molecule has 4 aromatic heterocycles. The SMILES string of the molecule is Cc1nn(C(C)C(=O)Nc2c(C(N)=O)sc3nc(C(F)F)cc(-c4cn(C)nc4C)c23)cc1Cl. The smallest absolute Gasteiger partial charge is 0.280 e. The van der Waals surface area contributed by atoms with Gasteiger partial charge in [0, 0.05) is 30.4 Å². The summed E-state index contributed by atoms with van der Waals surface area (Å²) in [6, 6.07) is 0.447. The molecule has 0 aromatic carbocycles. The lowest BCUT2D eigenvalue weighted by molar-refractivity contribution is -0.119. The first-order chi connectivity index (χ1) is 16.0. The Balaban J connectivity index is 1.91. The molecule has 1 atom stereocenters. The van der Waals surface area contributed by atoms with Gasteiger partial charge >= 0.3 is 0 Å². The molecule has 4 heterocycles. The summed E-state index contributed by atoms with van der Waals surface area (Å²) in [7, 11) is 1.70. The number of aryl methyl sites for hydroxylation is 3. The minimum absolute atomic E-state index is 0.00746. The number of thiophene rings is 1. The molecule has 0 radical (unpaired) electrons. The van der Waals surface area contributed by atoms with Crippen LogP contribution in [0.3, 0.4) is 0 Å². The predicted molar refractivity (Wildman–Crippen MR) is 125 cm³/mol. The van der Waals surface area contributed by atoms with E-state index in [1.165, 1.54) is 16.9 Å². The summed E-state index contributed by atoms with van der Waals surface area (Å²) in [5.74, 6) is -1.33. The number of nitrogens with zero attached hydrogens (tertiary/aromatic N) is 5. The van der Waals surface area contributed by atoms with Crippen molar-refractivity contribution >= 4 is 50.7 Å². The van der Waals surface area contributed by atoms with E-state index in [1.54, 1.807) is 38.7 Å². The number of alkyl halides is 2. The Hall–Kier alpha value is -3.38. The zero-order chi connectivity index (χ0) is 24.9. The van der Waals surface area contributed by atoms with E-state index in [2.05, 4.69) is 20.5 Å². The number of hydrogen-bond acceptors (Lipinski definition) is 6. The molecule has 4 aromatic rings. The van der Waals surface area contributed by atoms with Gasteiger partial charge in [-0.2, -0.15) is 10.2 Å². The Labute approximate surface area is 201 Å². The molecule has 0 fully saturated rings. The van der Waals surface area contributed by atoms with Crippen molar-refractivity contribution in [2.24, 2.45) is 12.8 Å². The van der Waals surface area contributed by atoms with E-state index in [0.717, 1.165) is 11.3 Å². The summed E-state index contributed by atoms with van der Waals surface area (Å²) in [4.78, 5) is 29.5.